The fraction of sp³-hybridized carbons (Fsp3) is 0.545. The van der Waals surface area contributed by atoms with E-state index in [4.69, 9.17) is 18.9 Å². The molecule has 8 nitrogen and oxygen atoms in total. The van der Waals surface area contributed by atoms with Crippen molar-refractivity contribution in [1.82, 2.24) is 4.90 Å². The molecule has 0 bridgehead atoms. The van der Waals surface area contributed by atoms with Gasteiger partial charge in [-0.2, -0.15) is 4.39 Å². The zero-order valence-corrected chi connectivity index (χ0v) is 17.0. The summed E-state index contributed by atoms with van der Waals surface area (Å²) in [6.07, 6.45) is 3.22. The first-order chi connectivity index (χ1) is 14.9. The van der Waals surface area contributed by atoms with Gasteiger partial charge in [-0.1, -0.05) is 0 Å². The van der Waals surface area contributed by atoms with Crippen molar-refractivity contribution in [3.63, 3.8) is 0 Å². The number of esters is 2. The van der Waals surface area contributed by atoms with Gasteiger partial charge in [-0.05, 0) is 55.1 Å². The van der Waals surface area contributed by atoms with Crippen molar-refractivity contribution in [2.75, 3.05) is 27.0 Å². The van der Waals surface area contributed by atoms with E-state index < -0.39 is 35.9 Å². The summed E-state index contributed by atoms with van der Waals surface area (Å²) in [7, 11) is 1.52. The minimum absolute atomic E-state index is 0.163. The van der Waals surface area contributed by atoms with E-state index >= 15 is 0 Å². The van der Waals surface area contributed by atoms with Crippen molar-refractivity contribution < 1.29 is 37.7 Å². The number of carbonyl (C=O) groups is 2. The first-order valence-corrected chi connectivity index (χ1v) is 10.5. The molecule has 1 spiro atoms. The number of hydrogen-bond donors (Lipinski definition) is 0. The fourth-order valence-electron chi connectivity index (χ4n) is 5.77. The number of methoxy groups -OCH3 is 1. The van der Waals surface area contributed by atoms with E-state index in [2.05, 4.69) is 9.64 Å². The van der Waals surface area contributed by atoms with Gasteiger partial charge in [-0.15, -0.1) is 0 Å². The summed E-state index contributed by atoms with van der Waals surface area (Å²) in [5.74, 6) is -3.18. The van der Waals surface area contributed by atoms with Gasteiger partial charge in [0.15, 0.2) is 17.6 Å². The second-order valence-corrected chi connectivity index (χ2v) is 8.67. The van der Waals surface area contributed by atoms with Gasteiger partial charge in [0.2, 0.25) is 6.79 Å². The van der Waals surface area contributed by atoms with Gasteiger partial charge < -0.3 is 23.7 Å². The molecule has 0 N–H and O–H groups in total. The maximum atomic E-state index is 14.7. The zero-order valence-electron chi connectivity index (χ0n) is 17.0. The third-order valence-electron chi connectivity index (χ3n) is 7.15. The normalized spacial score (nSPS) is 35.2. The standard InChI is InChI=1S/C22H22FNO7/c1-27-16-9-21-4-2-5-24(21)6-3-12-7-14-15(29-11-28-14)8-13(12)18(21)19(16)30-20(26)22(23)10-17(25)31-22/h7-9,18-19H,2-6,10-11H2,1H3/t18-,19-,21+,22+/m1/s1. The predicted molar refractivity (Wildman–Crippen MR) is 102 cm³/mol. The molecule has 9 heteroatoms. The molecular weight excluding hydrogens is 409 g/mol. The Balaban J connectivity index is 1.44. The molecule has 6 rings (SSSR count). The Hall–Kier alpha value is -2.81. The Bertz CT molecular complexity index is 1020. The molecule has 0 radical (unpaired) electrons. The van der Waals surface area contributed by atoms with Crippen molar-refractivity contribution in [2.24, 2.45) is 0 Å². The summed E-state index contributed by atoms with van der Waals surface area (Å²) < 4.78 is 41.6. The highest BCUT2D eigenvalue weighted by atomic mass is 19.2. The van der Waals surface area contributed by atoms with E-state index in [0.717, 1.165) is 43.5 Å². The number of benzene rings is 1. The van der Waals surface area contributed by atoms with Crippen molar-refractivity contribution in [3.05, 3.63) is 35.1 Å². The van der Waals surface area contributed by atoms with E-state index in [9.17, 15) is 14.0 Å². The van der Waals surface area contributed by atoms with Crippen LogP contribution < -0.4 is 9.47 Å². The first-order valence-electron chi connectivity index (χ1n) is 10.5. The molecule has 4 heterocycles. The maximum Gasteiger partial charge on any atom is 0.386 e. The Morgan fingerprint density at radius 3 is 2.77 bits per heavy atom. The number of ether oxygens (including phenoxy) is 5. The monoisotopic (exact) mass is 431 g/mol. The molecule has 1 aromatic rings. The predicted octanol–water partition coefficient (Wildman–Crippen LogP) is 1.96. The molecule has 1 aromatic carbocycles. The molecule has 1 aliphatic carbocycles. The summed E-state index contributed by atoms with van der Waals surface area (Å²) in [5, 5.41) is 0. The highest BCUT2D eigenvalue weighted by Gasteiger charge is 2.61. The van der Waals surface area contributed by atoms with E-state index in [1.807, 2.05) is 18.2 Å². The molecule has 0 saturated carbocycles. The van der Waals surface area contributed by atoms with Gasteiger partial charge in [0.05, 0.1) is 18.6 Å². The van der Waals surface area contributed by atoms with E-state index in [1.165, 1.54) is 7.11 Å². The van der Waals surface area contributed by atoms with Gasteiger partial charge in [0.25, 0.3) is 0 Å². The van der Waals surface area contributed by atoms with Crippen LogP contribution in [0.5, 0.6) is 11.5 Å². The minimum atomic E-state index is -2.73. The van der Waals surface area contributed by atoms with Gasteiger partial charge in [0.1, 0.15) is 12.2 Å². The van der Waals surface area contributed by atoms with Gasteiger partial charge in [0, 0.05) is 6.54 Å². The summed E-state index contributed by atoms with van der Waals surface area (Å²) >= 11 is 0. The van der Waals surface area contributed by atoms with Crippen LogP contribution in [-0.2, 0) is 30.2 Å². The van der Waals surface area contributed by atoms with Crippen molar-refractivity contribution in [3.8, 4) is 11.5 Å². The Morgan fingerprint density at radius 1 is 1.26 bits per heavy atom. The average molecular weight is 431 g/mol. The summed E-state index contributed by atoms with van der Waals surface area (Å²) in [6, 6.07) is 3.94. The fourth-order valence-corrected chi connectivity index (χ4v) is 5.77. The lowest BCUT2D eigenvalue weighted by Gasteiger charge is -2.40. The molecule has 4 aliphatic heterocycles. The Kier molecular flexibility index (Phi) is 3.88. The highest BCUT2D eigenvalue weighted by molar-refractivity contribution is 5.92. The molecule has 0 amide bonds. The van der Waals surface area contributed by atoms with Crippen LogP contribution in [0.15, 0.2) is 24.0 Å². The largest absolute Gasteiger partial charge is 0.497 e. The molecule has 2 saturated heterocycles. The number of cyclic esters (lactones) is 1. The molecular formula is C22H22FNO7. The minimum Gasteiger partial charge on any atom is -0.497 e. The van der Waals surface area contributed by atoms with Gasteiger partial charge in [-0.3, -0.25) is 9.69 Å². The molecule has 0 aromatic heterocycles. The quantitative estimate of drug-likeness (QED) is 0.672. The van der Waals surface area contributed by atoms with Crippen LogP contribution in [0, 0.1) is 0 Å². The first kappa shape index (κ1) is 18.9. The lowest BCUT2D eigenvalue weighted by atomic mass is 9.77. The second-order valence-electron chi connectivity index (χ2n) is 8.67. The van der Waals surface area contributed by atoms with E-state index in [0.29, 0.717) is 17.3 Å². The number of rotatable bonds is 3. The van der Waals surface area contributed by atoms with Crippen LogP contribution in [-0.4, -0.2) is 61.3 Å². The SMILES string of the molecule is COC1=C[C@]23CCCN2CCc2cc4c(cc2[C@@H]3[C@@H]1OC(=O)[C@]1(F)CC(=O)O1)OCO4. The Morgan fingerprint density at radius 2 is 2.03 bits per heavy atom. The summed E-state index contributed by atoms with van der Waals surface area (Å²) in [6.45, 7) is 1.91. The number of nitrogens with zero attached hydrogens (tertiary/aromatic N) is 1. The van der Waals surface area contributed by atoms with Crippen LogP contribution in [0.4, 0.5) is 4.39 Å². The molecule has 31 heavy (non-hydrogen) atoms. The Labute approximate surface area is 177 Å². The number of hydrogen-bond acceptors (Lipinski definition) is 8. The van der Waals surface area contributed by atoms with E-state index in [1.54, 1.807) is 0 Å². The average Bonchev–Trinajstić information content (AvgIpc) is 3.40. The molecule has 0 unspecified atom stereocenters. The number of fused-ring (bicyclic) bond motifs is 3. The third-order valence-corrected chi connectivity index (χ3v) is 7.15. The third kappa shape index (κ3) is 2.55. The zero-order chi connectivity index (χ0) is 21.4. The number of halogens is 1. The summed E-state index contributed by atoms with van der Waals surface area (Å²) in [4.78, 5) is 26.2. The van der Waals surface area contributed by atoms with Crippen LogP contribution in [0.1, 0.15) is 36.3 Å². The molecule has 4 atom stereocenters. The number of alkyl halides is 1. The maximum absolute atomic E-state index is 14.7. The van der Waals surface area contributed by atoms with Crippen LogP contribution >= 0.6 is 0 Å². The van der Waals surface area contributed by atoms with Gasteiger partial charge in [-0.25, -0.2) is 4.79 Å². The topological polar surface area (TPSA) is 83.5 Å². The molecule has 164 valence electrons. The molecule has 5 aliphatic rings. The van der Waals surface area contributed by atoms with Crippen LogP contribution in [0.25, 0.3) is 0 Å². The smallest absolute Gasteiger partial charge is 0.386 e. The lowest BCUT2D eigenvalue weighted by Crippen LogP contribution is -2.53. The number of carbonyl (C=O) groups excluding carboxylic acids is 2. The van der Waals surface area contributed by atoms with E-state index in [-0.39, 0.29) is 12.7 Å². The lowest BCUT2D eigenvalue weighted by molar-refractivity contribution is -0.240. The highest BCUT2D eigenvalue weighted by Crippen LogP contribution is 2.55. The van der Waals surface area contributed by atoms with Crippen molar-refractivity contribution in [1.29, 1.82) is 0 Å². The van der Waals surface area contributed by atoms with Crippen molar-refractivity contribution >= 4 is 11.9 Å². The van der Waals surface area contributed by atoms with Gasteiger partial charge >= 0.3 is 17.8 Å². The van der Waals surface area contributed by atoms with Crippen LogP contribution in [0.3, 0.4) is 0 Å². The molecule has 2 fully saturated rings. The second kappa shape index (κ2) is 6.35. The van der Waals surface area contributed by atoms with Crippen molar-refractivity contribution in [2.45, 2.75) is 49.1 Å². The summed E-state index contributed by atoms with van der Waals surface area (Å²) in [5.41, 5.74) is 1.66. The van der Waals surface area contributed by atoms with Crippen LogP contribution in [0.2, 0.25) is 0 Å².